The zero-order valence-electron chi connectivity index (χ0n) is 11.0. The fourth-order valence-electron chi connectivity index (χ4n) is 1.50. The molecule has 1 atom stereocenters. The SMILES string of the molecule is CCC(CCNC(=O)C(C)(C)N)CCC(=O)O. The highest BCUT2D eigenvalue weighted by Crippen LogP contribution is 2.14. The molecular formula is C12H24N2O3. The molecule has 5 heteroatoms. The van der Waals surface area contributed by atoms with E-state index in [-0.39, 0.29) is 12.3 Å². The van der Waals surface area contributed by atoms with Crippen molar-refractivity contribution in [3.63, 3.8) is 0 Å². The largest absolute Gasteiger partial charge is 0.481 e. The Labute approximate surface area is 103 Å². The Morgan fingerprint density at radius 3 is 2.35 bits per heavy atom. The zero-order valence-corrected chi connectivity index (χ0v) is 11.0. The van der Waals surface area contributed by atoms with Crippen LogP contribution >= 0.6 is 0 Å². The second kappa shape index (κ2) is 7.27. The van der Waals surface area contributed by atoms with E-state index in [1.54, 1.807) is 13.8 Å². The molecule has 100 valence electrons. The molecule has 0 saturated carbocycles. The van der Waals surface area contributed by atoms with Crippen LogP contribution in [-0.2, 0) is 9.59 Å². The van der Waals surface area contributed by atoms with Crippen LogP contribution in [0.25, 0.3) is 0 Å². The first kappa shape index (κ1) is 15.9. The predicted octanol–water partition coefficient (Wildman–Crippen LogP) is 1.12. The molecule has 0 aromatic rings. The van der Waals surface area contributed by atoms with Crippen molar-refractivity contribution in [3.05, 3.63) is 0 Å². The third-order valence-electron chi connectivity index (χ3n) is 2.77. The van der Waals surface area contributed by atoms with Crippen molar-refractivity contribution in [3.8, 4) is 0 Å². The van der Waals surface area contributed by atoms with E-state index in [0.717, 1.165) is 12.8 Å². The maximum atomic E-state index is 11.5. The standard InChI is InChI=1S/C12H24N2O3/c1-4-9(5-6-10(15)16)7-8-14-11(17)12(2,3)13/h9H,4-8,13H2,1-3H3,(H,14,17)(H,15,16). The van der Waals surface area contributed by atoms with Crippen LogP contribution in [0.15, 0.2) is 0 Å². The summed E-state index contributed by atoms with van der Waals surface area (Å²) in [5.74, 6) is -0.603. The topological polar surface area (TPSA) is 92.4 Å². The molecule has 0 aliphatic heterocycles. The van der Waals surface area contributed by atoms with Crippen LogP contribution < -0.4 is 11.1 Å². The van der Waals surface area contributed by atoms with Crippen LogP contribution in [0.3, 0.4) is 0 Å². The molecule has 4 N–H and O–H groups in total. The molecule has 0 bridgehead atoms. The van der Waals surface area contributed by atoms with Crippen LogP contribution in [0.4, 0.5) is 0 Å². The van der Waals surface area contributed by atoms with Gasteiger partial charge in [-0.3, -0.25) is 9.59 Å². The summed E-state index contributed by atoms with van der Waals surface area (Å²) in [6.07, 6.45) is 2.57. The Morgan fingerprint density at radius 1 is 1.35 bits per heavy atom. The summed E-state index contributed by atoms with van der Waals surface area (Å²) < 4.78 is 0. The highest BCUT2D eigenvalue weighted by Gasteiger charge is 2.21. The third kappa shape index (κ3) is 7.74. The molecule has 0 aliphatic rings. The number of hydrogen-bond acceptors (Lipinski definition) is 3. The van der Waals surface area contributed by atoms with Gasteiger partial charge in [-0.25, -0.2) is 0 Å². The molecule has 5 nitrogen and oxygen atoms in total. The van der Waals surface area contributed by atoms with Gasteiger partial charge in [0.15, 0.2) is 0 Å². The average molecular weight is 244 g/mol. The molecule has 0 aliphatic carbocycles. The summed E-state index contributed by atoms with van der Waals surface area (Å²) in [5, 5.41) is 11.4. The number of nitrogens with two attached hydrogens (primary N) is 1. The highest BCUT2D eigenvalue weighted by atomic mass is 16.4. The normalized spacial score (nSPS) is 13.2. The van der Waals surface area contributed by atoms with Crippen LogP contribution in [-0.4, -0.2) is 29.1 Å². The van der Waals surface area contributed by atoms with Gasteiger partial charge < -0.3 is 16.2 Å². The van der Waals surface area contributed by atoms with Gasteiger partial charge in [-0.1, -0.05) is 13.3 Å². The van der Waals surface area contributed by atoms with Gasteiger partial charge in [0.2, 0.25) is 5.91 Å². The summed E-state index contributed by atoms with van der Waals surface area (Å²) in [5.41, 5.74) is 4.78. The second-order valence-corrected chi connectivity index (χ2v) is 4.97. The molecule has 0 rings (SSSR count). The first-order chi connectivity index (χ1) is 7.77. The van der Waals surface area contributed by atoms with E-state index in [1.165, 1.54) is 0 Å². The van der Waals surface area contributed by atoms with Crippen molar-refractivity contribution >= 4 is 11.9 Å². The van der Waals surface area contributed by atoms with Gasteiger partial charge in [0.25, 0.3) is 0 Å². The van der Waals surface area contributed by atoms with Crippen molar-refractivity contribution in [1.29, 1.82) is 0 Å². The lowest BCUT2D eigenvalue weighted by molar-refractivity contribution is -0.137. The molecule has 1 unspecified atom stereocenters. The number of rotatable bonds is 8. The first-order valence-electron chi connectivity index (χ1n) is 6.06. The monoisotopic (exact) mass is 244 g/mol. The number of amides is 1. The molecule has 0 spiro atoms. The van der Waals surface area contributed by atoms with Crippen LogP contribution in [0.2, 0.25) is 0 Å². The van der Waals surface area contributed by atoms with E-state index in [9.17, 15) is 9.59 Å². The lowest BCUT2D eigenvalue weighted by Gasteiger charge is -2.19. The van der Waals surface area contributed by atoms with E-state index in [2.05, 4.69) is 5.32 Å². The van der Waals surface area contributed by atoms with Crippen molar-refractivity contribution in [2.45, 2.75) is 52.0 Å². The maximum absolute atomic E-state index is 11.5. The molecule has 0 aromatic carbocycles. The van der Waals surface area contributed by atoms with Gasteiger partial charge in [0.05, 0.1) is 5.54 Å². The number of carboxylic acid groups (broad SMARTS) is 1. The Hall–Kier alpha value is -1.10. The lowest BCUT2D eigenvalue weighted by Crippen LogP contribution is -2.49. The van der Waals surface area contributed by atoms with E-state index >= 15 is 0 Å². The quantitative estimate of drug-likeness (QED) is 0.596. The molecular weight excluding hydrogens is 220 g/mol. The van der Waals surface area contributed by atoms with Gasteiger partial charge in [0.1, 0.15) is 0 Å². The number of hydrogen-bond donors (Lipinski definition) is 3. The van der Waals surface area contributed by atoms with Crippen molar-refractivity contribution < 1.29 is 14.7 Å². The van der Waals surface area contributed by atoms with Crippen molar-refractivity contribution in [2.75, 3.05) is 6.54 Å². The lowest BCUT2D eigenvalue weighted by atomic mass is 9.96. The molecule has 0 saturated heterocycles. The number of aliphatic carboxylic acids is 1. The number of carbonyl (C=O) groups excluding carboxylic acids is 1. The Balaban J connectivity index is 3.84. The summed E-state index contributed by atoms with van der Waals surface area (Å²) in [6.45, 7) is 5.90. The molecule has 1 amide bonds. The highest BCUT2D eigenvalue weighted by molar-refractivity contribution is 5.84. The van der Waals surface area contributed by atoms with E-state index in [0.29, 0.717) is 18.9 Å². The minimum Gasteiger partial charge on any atom is -0.481 e. The second-order valence-electron chi connectivity index (χ2n) is 4.97. The minimum atomic E-state index is -0.858. The van der Waals surface area contributed by atoms with Crippen molar-refractivity contribution in [2.24, 2.45) is 11.7 Å². The van der Waals surface area contributed by atoms with Crippen LogP contribution in [0, 0.1) is 5.92 Å². The Morgan fingerprint density at radius 2 is 1.94 bits per heavy atom. The average Bonchev–Trinajstić information content (AvgIpc) is 2.21. The summed E-state index contributed by atoms with van der Waals surface area (Å²) in [6, 6.07) is 0. The van der Waals surface area contributed by atoms with E-state index in [4.69, 9.17) is 10.8 Å². The summed E-state index contributed by atoms with van der Waals surface area (Å²) in [4.78, 5) is 21.9. The summed E-state index contributed by atoms with van der Waals surface area (Å²) in [7, 11) is 0. The van der Waals surface area contributed by atoms with E-state index < -0.39 is 11.5 Å². The fourth-order valence-corrected chi connectivity index (χ4v) is 1.50. The number of carboxylic acids is 1. The Kier molecular flexibility index (Phi) is 6.80. The van der Waals surface area contributed by atoms with Crippen LogP contribution in [0.1, 0.15) is 46.5 Å². The van der Waals surface area contributed by atoms with Gasteiger partial charge in [0, 0.05) is 13.0 Å². The molecule has 0 aromatic heterocycles. The van der Waals surface area contributed by atoms with Gasteiger partial charge in [-0.2, -0.15) is 0 Å². The minimum absolute atomic E-state index is 0.175. The molecule has 0 fully saturated rings. The first-order valence-corrected chi connectivity index (χ1v) is 6.06. The van der Waals surface area contributed by atoms with Crippen molar-refractivity contribution in [1.82, 2.24) is 5.32 Å². The maximum Gasteiger partial charge on any atom is 0.303 e. The zero-order chi connectivity index (χ0) is 13.5. The van der Waals surface area contributed by atoms with Gasteiger partial charge in [-0.15, -0.1) is 0 Å². The third-order valence-corrected chi connectivity index (χ3v) is 2.77. The molecule has 0 heterocycles. The predicted molar refractivity (Wildman–Crippen MR) is 66.5 cm³/mol. The smallest absolute Gasteiger partial charge is 0.303 e. The number of nitrogens with one attached hydrogen (secondary N) is 1. The van der Waals surface area contributed by atoms with Gasteiger partial charge >= 0.3 is 5.97 Å². The number of carbonyl (C=O) groups is 2. The molecule has 17 heavy (non-hydrogen) atoms. The van der Waals surface area contributed by atoms with Crippen LogP contribution in [0.5, 0.6) is 0 Å². The molecule has 0 radical (unpaired) electrons. The van der Waals surface area contributed by atoms with E-state index in [1.807, 2.05) is 6.92 Å². The summed E-state index contributed by atoms with van der Waals surface area (Å²) >= 11 is 0. The van der Waals surface area contributed by atoms with Gasteiger partial charge in [-0.05, 0) is 32.6 Å². The fraction of sp³-hybridized carbons (Fsp3) is 0.833. The Bertz CT molecular complexity index is 259.